The number of benzene rings is 2. The van der Waals surface area contributed by atoms with E-state index in [1.807, 2.05) is 39.4 Å². The van der Waals surface area contributed by atoms with Gasteiger partial charge in [0.2, 0.25) is 0 Å². The number of fused-ring (bicyclic) bond motifs is 3. The third-order valence-electron chi connectivity index (χ3n) is 6.22. The summed E-state index contributed by atoms with van der Waals surface area (Å²) in [5.74, 6) is 0. The first kappa shape index (κ1) is 19.1. The highest BCUT2D eigenvalue weighted by molar-refractivity contribution is 5.79. The molecule has 2 aromatic heterocycles. The number of nitrogens with zero attached hydrogens (tertiary/aromatic N) is 4. The average Bonchev–Trinajstić information content (AvgIpc) is 3.28. The molecular formula is C25H28N4O. The third-order valence-corrected chi connectivity index (χ3v) is 6.22. The second-order valence-electron chi connectivity index (χ2n) is 8.17. The number of aromatic nitrogens is 2. The van der Waals surface area contributed by atoms with E-state index in [9.17, 15) is 4.79 Å². The van der Waals surface area contributed by atoms with E-state index in [1.54, 1.807) is 0 Å². The summed E-state index contributed by atoms with van der Waals surface area (Å²) in [5, 5.41) is 0. The standard InChI is InChI=1S/C25H28N4O/c30-25-24-12-6-14-28(24)22-10-4-5-11-23(22)29(25)15-7-13-26-16-18-27(19-17-26)20-21-8-2-1-3-9-21/h1-6,8-12,14H,7,13,15-20H2. The molecule has 0 spiro atoms. The Labute approximate surface area is 176 Å². The second kappa shape index (κ2) is 8.46. The van der Waals surface area contributed by atoms with E-state index in [2.05, 4.69) is 52.3 Å². The van der Waals surface area contributed by atoms with Gasteiger partial charge in [0.1, 0.15) is 5.52 Å². The van der Waals surface area contributed by atoms with Crippen molar-refractivity contribution in [3.8, 4) is 0 Å². The van der Waals surface area contributed by atoms with Crippen molar-refractivity contribution in [1.82, 2.24) is 18.8 Å². The Balaban J connectivity index is 1.21. The van der Waals surface area contributed by atoms with Crippen molar-refractivity contribution in [3.05, 3.63) is 88.8 Å². The number of aryl methyl sites for hydroxylation is 1. The molecular weight excluding hydrogens is 372 g/mol. The molecule has 154 valence electrons. The first-order valence-corrected chi connectivity index (χ1v) is 10.9. The van der Waals surface area contributed by atoms with Gasteiger partial charge in [0.15, 0.2) is 0 Å². The molecule has 0 saturated carbocycles. The molecule has 1 fully saturated rings. The molecule has 0 radical (unpaired) electrons. The maximum atomic E-state index is 13.0. The SMILES string of the molecule is O=c1c2cccn2c2ccccc2n1CCCN1CCN(Cc2ccccc2)CC1. The molecule has 5 rings (SSSR count). The zero-order valence-corrected chi connectivity index (χ0v) is 17.3. The monoisotopic (exact) mass is 400 g/mol. The molecule has 1 aliphatic rings. The van der Waals surface area contributed by atoms with Crippen LogP contribution in [0.5, 0.6) is 0 Å². The van der Waals surface area contributed by atoms with Gasteiger partial charge in [-0.05, 0) is 42.8 Å². The summed E-state index contributed by atoms with van der Waals surface area (Å²) < 4.78 is 3.95. The summed E-state index contributed by atoms with van der Waals surface area (Å²) >= 11 is 0. The predicted molar refractivity (Wildman–Crippen MR) is 122 cm³/mol. The molecule has 30 heavy (non-hydrogen) atoms. The molecule has 0 amide bonds. The summed E-state index contributed by atoms with van der Waals surface area (Å²) in [6.07, 6.45) is 2.96. The normalized spacial score (nSPS) is 15.9. The van der Waals surface area contributed by atoms with Gasteiger partial charge in [-0.15, -0.1) is 0 Å². The van der Waals surface area contributed by atoms with Crippen LogP contribution in [0.25, 0.3) is 16.6 Å². The summed E-state index contributed by atoms with van der Waals surface area (Å²) in [7, 11) is 0. The van der Waals surface area contributed by atoms with Crippen molar-refractivity contribution in [1.29, 1.82) is 0 Å². The van der Waals surface area contributed by atoms with Crippen molar-refractivity contribution in [2.24, 2.45) is 0 Å². The zero-order valence-electron chi connectivity index (χ0n) is 17.3. The molecule has 1 aliphatic heterocycles. The van der Waals surface area contributed by atoms with E-state index in [1.165, 1.54) is 5.56 Å². The molecule has 0 bridgehead atoms. The Hall–Kier alpha value is -2.89. The van der Waals surface area contributed by atoms with Gasteiger partial charge in [-0.2, -0.15) is 0 Å². The molecule has 5 heteroatoms. The van der Waals surface area contributed by atoms with Gasteiger partial charge in [-0.3, -0.25) is 9.69 Å². The van der Waals surface area contributed by atoms with E-state index >= 15 is 0 Å². The maximum Gasteiger partial charge on any atom is 0.275 e. The minimum absolute atomic E-state index is 0.103. The van der Waals surface area contributed by atoms with Gasteiger partial charge < -0.3 is 13.9 Å². The summed E-state index contributed by atoms with van der Waals surface area (Å²) in [6.45, 7) is 7.23. The average molecular weight is 401 g/mol. The molecule has 0 atom stereocenters. The van der Waals surface area contributed by atoms with Crippen LogP contribution in [-0.2, 0) is 13.1 Å². The Morgan fingerprint density at radius 3 is 2.13 bits per heavy atom. The molecule has 1 saturated heterocycles. The number of rotatable bonds is 6. The van der Waals surface area contributed by atoms with Gasteiger partial charge in [-0.25, -0.2) is 0 Å². The lowest BCUT2D eigenvalue weighted by atomic mass is 10.2. The molecule has 3 heterocycles. The van der Waals surface area contributed by atoms with Gasteiger partial charge in [0, 0.05) is 45.5 Å². The highest BCUT2D eigenvalue weighted by atomic mass is 16.1. The van der Waals surface area contributed by atoms with Crippen LogP contribution in [0.4, 0.5) is 0 Å². The summed E-state index contributed by atoms with van der Waals surface area (Å²) in [6, 6.07) is 22.8. The Morgan fingerprint density at radius 1 is 0.667 bits per heavy atom. The van der Waals surface area contributed by atoms with Crippen molar-refractivity contribution in [3.63, 3.8) is 0 Å². The first-order chi connectivity index (χ1) is 14.8. The van der Waals surface area contributed by atoms with Crippen LogP contribution in [0.1, 0.15) is 12.0 Å². The lowest BCUT2D eigenvalue weighted by Crippen LogP contribution is -2.46. The maximum absolute atomic E-state index is 13.0. The van der Waals surface area contributed by atoms with Crippen LogP contribution >= 0.6 is 0 Å². The van der Waals surface area contributed by atoms with Gasteiger partial charge in [-0.1, -0.05) is 42.5 Å². The minimum atomic E-state index is 0.103. The van der Waals surface area contributed by atoms with Crippen LogP contribution in [-0.4, -0.2) is 51.5 Å². The minimum Gasteiger partial charge on any atom is -0.310 e. The van der Waals surface area contributed by atoms with E-state index in [0.717, 1.165) is 68.8 Å². The first-order valence-electron chi connectivity index (χ1n) is 10.9. The topological polar surface area (TPSA) is 32.9 Å². The van der Waals surface area contributed by atoms with Crippen molar-refractivity contribution >= 4 is 16.6 Å². The van der Waals surface area contributed by atoms with E-state index < -0.39 is 0 Å². The third kappa shape index (κ3) is 3.78. The fourth-order valence-electron chi connectivity index (χ4n) is 4.60. The Kier molecular flexibility index (Phi) is 5.39. The Bertz CT molecular complexity index is 1190. The Morgan fingerprint density at radius 2 is 1.33 bits per heavy atom. The van der Waals surface area contributed by atoms with E-state index in [0.29, 0.717) is 0 Å². The van der Waals surface area contributed by atoms with Crippen LogP contribution in [0, 0.1) is 0 Å². The molecule has 0 N–H and O–H groups in total. The zero-order chi connectivity index (χ0) is 20.3. The number of hydrogen-bond donors (Lipinski definition) is 0. The van der Waals surface area contributed by atoms with Crippen LogP contribution in [0.15, 0.2) is 77.7 Å². The van der Waals surface area contributed by atoms with Crippen molar-refractivity contribution in [2.45, 2.75) is 19.5 Å². The van der Waals surface area contributed by atoms with Crippen LogP contribution in [0.3, 0.4) is 0 Å². The number of hydrogen-bond acceptors (Lipinski definition) is 3. The van der Waals surface area contributed by atoms with E-state index in [-0.39, 0.29) is 5.56 Å². The largest absolute Gasteiger partial charge is 0.310 e. The van der Waals surface area contributed by atoms with Crippen LogP contribution < -0.4 is 5.56 Å². The van der Waals surface area contributed by atoms with Crippen molar-refractivity contribution < 1.29 is 0 Å². The fraction of sp³-hybridized carbons (Fsp3) is 0.320. The molecule has 0 aliphatic carbocycles. The molecule has 4 aromatic rings. The predicted octanol–water partition coefficient (Wildman–Crippen LogP) is 3.46. The highest BCUT2D eigenvalue weighted by Crippen LogP contribution is 2.16. The van der Waals surface area contributed by atoms with Crippen molar-refractivity contribution in [2.75, 3.05) is 32.7 Å². The number of para-hydroxylation sites is 2. The summed E-state index contributed by atoms with van der Waals surface area (Å²) in [5.41, 5.74) is 4.35. The lowest BCUT2D eigenvalue weighted by molar-refractivity contribution is 0.125. The molecule has 2 aromatic carbocycles. The number of piperazine rings is 1. The molecule has 5 nitrogen and oxygen atoms in total. The molecule has 0 unspecified atom stereocenters. The second-order valence-corrected chi connectivity index (χ2v) is 8.17. The van der Waals surface area contributed by atoms with Gasteiger partial charge in [0.25, 0.3) is 5.56 Å². The highest BCUT2D eigenvalue weighted by Gasteiger charge is 2.17. The summed E-state index contributed by atoms with van der Waals surface area (Å²) in [4.78, 5) is 18.1. The van der Waals surface area contributed by atoms with E-state index in [4.69, 9.17) is 0 Å². The fourth-order valence-corrected chi connectivity index (χ4v) is 4.60. The van der Waals surface area contributed by atoms with Gasteiger partial charge in [0.05, 0.1) is 11.0 Å². The lowest BCUT2D eigenvalue weighted by Gasteiger charge is -2.34. The van der Waals surface area contributed by atoms with Crippen LogP contribution in [0.2, 0.25) is 0 Å². The smallest absolute Gasteiger partial charge is 0.275 e. The quantitative estimate of drug-likeness (QED) is 0.497. The van der Waals surface area contributed by atoms with Gasteiger partial charge >= 0.3 is 0 Å².